The number of amides is 1. The van der Waals surface area contributed by atoms with Gasteiger partial charge in [-0.3, -0.25) is 4.90 Å². The van der Waals surface area contributed by atoms with Crippen LogP contribution < -0.4 is 10.8 Å². The van der Waals surface area contributed by atoms with Crippen molar-refractivity contribution < 1.29 is 14.6 Å². The summed E-state index contributed by atoms with van der Waals surface area (Å²) in [5.74, 6) is 0. The van der Waals surface area contributed by atoms with Crippen LogP contribution in [-0.4, -0.2) is 42.2 Å². The number of rotatable bonds is 8. The summed E-state index contributed by atoms with van der Waals surface area (Å²) >= 11 is 0. The van der Waals surface area contributed by atoms with E-state index in [9.17, 15) is 9.82 Å². The second-order valence-electron chi connectivity index (χ2n) is 9.86. The van der Waals surface area contributed by atoms with E-state index >= 15 is 0 Å². The molecule has 35 heavy (non-hydrogen) atoms. The topological polar surface area (TPSA) is 61.8 Å². The van der Waals surface area contributed by atoms with E-state index in [1.807, 2.05) is 39.0 Å². The fourth-order valence-corrected chi connectivity index (χ4v) is 4.45. The number of nitrogens with one attached hydrogen (secondary N) is 1. The van der Waals surface area contributed by atoms with Gasteiger partial charge >= 0.3 is 13.6 Å². The van der Waals surface area contributed by atoms with Crippen LogP contribution in [0.3, 0.4) is 0 Å². The summed E-state index contributed by atoms with van der Waals surface area (Å²) in [4.78, 5) is 14.5. The lowest BCUT2D eigenvalue weighted by molar-refractivity contribution is 0.0521. The first kappa shape index (κ1) is 24.8. The molecule has 0 fully saturated rings. The van der Waals surface area contributed by atoms with Crippen LogP contribution in [0.4, 0.5) is 4.79 Å². The predicted octanol–water partition coefficient (Wildman–Crippen LogP) is 4.49. The van der Waals surface area contributed by atoms with Crippen LogP contribution in [0.1, 0.15) is 31.9 Å². The first-order chi connectivity index (χ1) is 16.8. The number of ether oxygens (including phenoxy) is 1. The highest BCUT2D eigenvalue weighted by Crippen LogP contribution is 2.29. The first-order valence-corrected chi connectivity index (χ1v) is 12.1. The van der Waals surface area contributed by atoms with Crippen molar-refractivity contribution in [3.8, 4) is 0 Å². The SMILES string of the molecule is CC(C)(C)OC(=O)NCCN(Cc1ccccc1BO)Cc1c2ccccc2cc2ccccc12. The summed E-state index contributed by atoms with van der Waals surface area (Å²) in [5.41, 5.74) is 2.72. The van der Waals surface area contributed by atoms with Crippen molar-refractivity contribution in [2.45, 2.75) is 39.5 Å². The van der Waals surface area contributed by atoms with Gasteiger partial charge in [-0.15, -0.1) is 0 Å². The minimum Gasteiger partial charge on any atom is -0.449 e. The minimum atomic E-state index is -0.536. The van der Waals surface area contributed by atoms with Crippen LogP contribution in [0, 0.1) is 0 Å². The normalized spacial score (nSPS) is 11.7. The standard InChI is InChI=1S/C29H33BN2O3/c1-29(2,3)35-28(33)31-16-17-32(19-23-12-6-9-15-27(23)30-34)20-26-24-13-7-4-10-21(24)18-22-11-5-8-14-25(22)26/h4-15,18,30,34H,16-17,19-20H2,1-3H3,(H,31,33). The number of carbonyl (C=O) groups excluding carboxylic acids is 1. The summed E-state index contributed by atoms with van der Waals surface area (Å²) in [5, 5.41) is 17.6. The van der Waals surface area contributed by atoms with E-state index in [1.54, 1.807) is 0 Å². The van der Waals surface area contributed by atoms with Crippen molar-refractivity contribution in [1.82, 2.24) is 10.2 Å². The van der Waals surface area contributed by atoms with Crippen molar-refractivity contribution >= 4 is 40.6 Å². The van der Waals surface area contributed by atoms with Gasteiger partial charge in [0, 0.05) is 26.2 Å². The average molecular weight is 468 g/mol. The summed E-state index contributed by atoms with van der Waals surface area (Å²) in [7, 11) is -0.00261. The molecule has 180 valence electrons. The molecular weight excluding hydrogens is 435 g/mol. The highest BCUT2D eigenvalue weighted by atomic mass is 16.6. The molecule has 4 aromatic carbocycles. The van der Waals surface area contributed by atoms with E-state index in [1.165, 1.54) is 27.1 Å². The maximum absolute atomic E-state index is 12.2. The molecule has 6 heteroatoms. The zero-order valence-corrected chi connectivity index (χ0v) is 20.8. The number of hydrogen-bond acceptors (Lipinski definition) is 4. The van der Waals surface area contributed by atoms with Gasteiger partial charge in [0.1, 0.15) is 5.60 Å². The molecule has 4 rings (SSSR count). The second kappa shape index (κ2) is 10.9. The van der Waals surface area contributed by atoms with Gasteiger partial charge in [0.15, 0.2) is 0 Å². The maximum atomic E-state index is 12.2. The molecule has 0 aliphatic carbocycles. The number of fused-ring (bicyclic) bond motifs is 2. The largest absolute Gasteiger partial charge is 0.449 e. The van der Waals surface area contributed by atoms with Crippen LogP contribution in [0.2, 0.25) is 0 Å². The van der Waals surface area contributed by atoms with E-state index in [2.05, 4.69) is 70.9 Å². The Morgan fingerprint density at radius 1 is 0.914 bits per heavy atom. The first-order valence-electron chi connectivity index (χ1n) is 12.1. The van der Waals surface area contributed by atoms with Gasteiger partial charge < -0.3 is 15.1 Å². The molecular formula is C29H33BN2O3. The van der Waals surface area contributed by atoms with E-state index in [0.717, 1.165) is 11.0 Å². The summed E-state index contributed by atoms with van der Waals surface area (Å²) in [6.45, 7) is 8.03. The molecule has 1 amide bonds. The van der Waals surface area contributed by atoms with Gasteiger partial charge in [0.05, 0.1) is 0 Å². The quantitative estimate of drug-likeness (QED) is 0.296. The van der Waals surface area contributed by atoms with Crippen LogP contribution in [0.25, 0.3) is 21.5 Å². The number of hydrogen-bond donors (Lipinski definition) is 2. The fraction of sp³-hybridized carbons (Fsp3) is 0.276. The van der Waals surface area contributed by atoms with Crippen molar-refractivity contribution in [2.75, 3.05) is 13.1 Å². The molecule has 0 unspecified atom stereocenters. The molecule has 0 heterocycles. The highest BCUT2D eigenvalue weighted by molar-refractivity contribution is 6.46. The van der Waals surface area contributed by atoms with E-state index in [0.29, 0.717) is 26.2 Å². The Hall–Kier alpha value is -3.35. The van der Waals surface area contributed by atoms with Crippen LogP contribution in [0.15, 0.2) is 78.9 Å². The molecule has 0 aliphatic heterocycles. The Kier molecular flexibility index (Phi) is 7.74. The Bertz CT molecular complexity index is 1260. The molecule has 0 radical (unpaired) electrons. The molecule has 0 bridgehead atoms. The fourth-order valence-electron chi connectivity index (χ4n) is 4.45. The van der Waals surface area contributed by atoms with E-state index in [-0.39, 0.29) is 7.48 Å². The van der Waals surface area contributed by atoms with Crippen molar-refractivity contribution in [1.29, 1.82) is 0 Å². The molecule has 0 aliphatic rings. The third-order valence-electron chi connectivity index (χ3n) is 6.04. The number of benzene rings is 4. The number of carbonyl (C=O) groups is 1. The summed E-state index contributed by atoms with van der Waals surface area (Å²) in [6.07, 6.45) is -0.413. The third-order valence-corrected chi connectivity index (χ3v) is 6.04. The van der Waals surface area contributed by atoms with Gasteiger partial charge in [-0.2, -0.15) is 0 Å². The zero-order valence-electron chi connectivity index (χ0n) is 20.8. The molecule has 4 aromatic rings. The van der Waals surface area contributed by atoms with Gasteiger partial charge in [0.25, 0.3) is 0 Å². The van der Waals surface area contributed by atoms with Crippen LogP contribution >= 0.6 is 0 Å². The molecule has 5 nitrogen and oxygen atoms in total. The smallest absolute Gasteiger partial charge is 0.407 e. The van der Waals surface area contributed by atoms with Gasteiger partial charge in [-0.05, 0) is 65.0 Å². The lowest BCUT2D eigenvalue weighted by Gasteiger charge is -2.26. The number of alkyl carbamates (subject to hydrolysis) is 1. The zero-order chi connectivity index (χ0) is 24.8. The van der Waals surface area contributed by atoms with Crippen LogP contribution in [0.5, 0.6) is 0 Å². The Balaban J connectivity index is 1.64. The van der Waals surface area contributed by atoms with Crippen LogP contribution in [-0.2, 0) is 17.8 Å². The molecule has 2 N–H and O–H groups in total. The van der Waals surface area contributed by atoms with Crippen molar-refractivity contribution in [3.63, 3.8) is 0 Å². The molecule has 0 atom stereocenters. The monoisotopic (exact) mass is 468 g/mol. The minimum absolute atomic E-state index is 0.00261. The molecule has 0 aromatic heterocycles. The lowest BCUT2D eigenvalue weighted by atomic mass is 9.84. The highest BCUT2D eigenvalue weighted by Gasteiger charge is 2.18. The number of nitrogens with zero attached hydrogens (tertiary/aromatic N) is 1. The summed E-state index contributed by atoms with van der Waals surface area (Å²) < 4.78 is 5.41. The predicted molar refractivity (Wildman–Crippen MR) is 145 cm³/mol. The molecule has 0 spiro atoms. The molecule has 0 saturated carbocycles. The Morgan fingerprint density at radius 3 is 2.14 bits per heavy atom. The molecule has 0 saturated heterocycles. The Morgan fingerprint density at radius 2 is 1.51 bits per heavy atom. The summed E-state index contributed by atoms with van der Waals surface area (Å²) in [6, 6.07) is 27.2. The third kappa shape index (κ3) is 6.41. The Labute approximate surface area is 208 Å². The van der Waals surface area contributed by atoms with Gasteiger partial charge in [0.2, 0.25) is 0 Å². The van der Waals surface area contributed by atoms with E-state index < -0.39 is 11.7 Å². The van der Waals surface area contributed by atoms with Crippen molar-refractivity contribution in [2.24, 2.45) is 0 Å². The maximum Gasteiger partial charge on any atom is 0.407 e. The average Bonchev–Trinajstić information content (AvgIpc) is 2.83. The van der Waals surface area contributed by atoms with Gasteiger partial charge in [-0.25, -0.2) is 4.79 Å². The van der Waals surface area contributed by atoms with Crippen molar-refractivity contribution in [3.05, 3.63) is 90.0 Å². The van der Waals surface area contributed by atoms with E-state index in [4.69, 9.17) is 4.74 Å². The van der Waals surface area contributed by atoms with Gasteiger partial charge in [-0.1, -0.05) is 72.8 Å². The lowest BCUT2D eigenvalue weighted by Crippen LogP contribution is -2.38. The second-order valence-corrected chi connectivity index (χ2v) is 9.86.